The summed E-state index contributed by atoms with van der Waals surface area (Å²) in [6.45, 7) is 3.68. The second-order valence-electron chi connectivity index (χ2n) is 5.59. The topological polar surface area (TPSA) is 41.6 Å². The summed E-state index contributed by atoms with van der Waals surface area (Å²) in [5.41, 5.74) is -0.749. The average Bonchev–Trinajstić information content (AvgIpc) is 3.32. The van der Waals surface area contributed by atoms with Gasteiger partial charge in [0.1, 0.15) is 12.4 Å². The predicted molar refractivity (Wildman–Crippen MR) is 80.3 cm³/mol. The lowest BCUT2D eigenvalue weighted by Gasteiger charge is -2.21. The maximum atomic E-state index is 12.6. The summed E-state index contributed by atoms with van der Waals surface area (Å²) < 4.78 is 43.0. The quantitative estimate of drug-likeness (QED) is 0.777. The third-order valence-electron chi connectivity index (χ3n) is 3.65. The Morgan fingerprint density at radius 3 is 2.74 bits per heavy atom. The molecule has 2 rings (SSSR count). The summed E-state index contributed by atoms with van der Waals surface area (Å²) in [5, 5.41) is 2.72. The number of alkyl halides is 3. The number of carbonyl (C=O) groups is 1. The Kier molecular flexibility index (Phi) is 5.74. The molecule has 23 heavy (non-hydrogen) atoms. The van der Waals surface area contributed by atoms with Crippen molar-refractivity contribution in [2.45, 2.75) is 25.9 Å². The Hall–Kier alpha value is -1.92. The van der Waals surface area contributed by atoms with Crippen LogP contribution in [0.2, 0.25) is 0 Å². The lowest BCUT2D eigenvalue weighted by Crippen LogP contribution is -2.42. The Labute approximate surface area is 133 Å². The molecule has 4 nitrogen and oxygen atoms in total. The number of urea groups is 1. The van der Waals surface area contributed by atoms with Crippen molar-refractivity contribution in [3.05, 3.63) is 29.8 Å². The highest BCUT2D eigenvalue weighted by molar-refractivity contribution is 5.74. The standard InChI is InChI=1S/C16H21F3N2O2/c1-2-21(11-12-6-7-12)15(22)20-8-9-23-14-5-3-4-13(10-14)16(17,18)19/h3-5,10,12H,2,6-9,11H2,1H3,(H,20,22). The van der Waals surface area contributed by atoms with Crippen LogP contribution in [0.3, 0.4) is 0 Å². The third-order valence-corrected chi connectivity index (χ3v) is 3.65. The van der Waals surface area contributed by atoms with Gasteiger partial charge in [-0.2, -0.15) is 13.2 Å². The molecule has 0 radical (unpaired) electrons. The number of hydrogen-bond acceptors (Lipinski definition) is 2. The van der Waals surface area contributed by atoms with Gasteiger partial charge in [-0.1, -0.05) is 6.07 Å². The number of rotatable bonds is 7. The van der Waals surface area contributed by atoms with Gasteiger partial charge in [-0.15, -0.1) is 0 Å². The molecule has 1 fully saturated rings. The second-order valence-corrected chi connectivity index (χ2v) is 5.59. The minimum Gasteiger partial charge on any atom is -0.492 e. The normalized spacial score (nSPS) is 14.4. The molecule has 0 atom stereocenters. The highest BCUT2D eigenvalue weighted by Gasteiger charge is 2.30. The lowest BCUT2D eigenvalue weighted by molar-refractivity contribution is -0.137. The minimum atomic E-state index is -4.39. The Morgan fingerprint density at radius 2 is 2.13 bits per heavy atom. The molecule has 1 aliphatic rings. The molecule has 0 saturated heterocycles. The molecular formula is C16H21F3N2O2. The van der Waals surface area contributed by atoms with Gasteiger partial charge in [-0.3, -0.25) is 0 Å². The minimum absolute atomic E-state index is 0.119. The highest BCUT2D eigenvalue weighted by Crippen LogP contribution is 2.31. The lowest BCUT2D eigenvalue weighted by atomic mass is 10.2. The molecule has 0 bridgehead atoms. The largest absolute Gasteiger partial charge is 0.492 e. The molecule has 7 heteroatoms. The molecule has 128 valence electrons. The van der Waals surface area contributed by atoms with Gasteiger partial charge in [0.15, 0.2) is 0 Å². The summed E-state index contributed by atoms with van der Waals surface area (Å²) >= 11 is 0. The van der Waals surface area contributed by atoms with E-state index in [-0.39, 0.29) is 24.9 Å². The molecular weight excluding hydrogens is 309 g/mol. The molecule has 1 aromatic rings. The maximum Gasteiger partial charge on any atom is 0.416 e. The molecule has 1 N–H and O–H groups in total. The van der Waals surface area contributed by atoms with E-state index in [1.807, 2.05) is 6.92 Å². The van der Waals surface area contributed by atoms with Crippen molar-refractivity contribution in [2.75, 3.05) is 26.2 Å². The van der Waals surface area contributed by atoms with Crippen molar-refractivity contribution >= 4 is 6.03 Å². The molecule has 2 amide bonds. The van der Waals surface area contributed by atoms with Crippen LogP contribution in [0.15, 0.2) is 24.3 Å². The Balaban J connectivity index is 1.73. The number of amides is 2. The first-order valence-corrected chi connectivity index (χ1v) is 7.73. The van der Waals surface area contributed by atoms with E-state index in [0.29, 0.717) is 12.5 Å². The maximum absolute atomic E-state index is 12.6. The second kappa shape index (κ2) is 7.57. The molecule has 0 aromatic heterocycles. The van der Waals surface area contributed by atoms with Crippen LogP contribution in [-0.4, -0.2) is 37.2 Å². The highest BCUT2D eigenvalue weighted by atomic mass is 19.4. The smallest absolute Gasteiger partial charge is 0.416 e. The molecule has 1 saturated carbocycles. The van der Waals surface area contributed by atoms with Gasteiger partial charge in [0.25, 0.3) is 0 Å². The number of benzene rings is 1. The fraction of sp³-hybridized carbons (Fsp3) is 0.562. The first kappa shape index (κ1) is 17.4. The predicted octanol–water partition coefficient (Wildman–Crippen LogP) is 3.53. The summed E-state index contributed by atoms with van der Waals surface area (Å²) in [6, 6.07) is 4.54. The zero-order chi connectivity index (χ0) is 16.9. The van der Waals surface area contributed by atoms with Crippen LogP contribution in [0.25, 0.3) is 0 Å². The van der Waals surface area contributed by atoms with E-state index in [1.54, 1.807) is 4.90 Å². The van der Waals surface area contributed by atoms with E-state index >= 15 is 0 Å². The number of ether oxygens (including phenoxy) is 1. The number of carbonyl (C=O) groups excluding carboxylic acids is 1. The van der Waals surface area contributed by atoms with Crippen molar-refractivity contribution in [3.8, 4) is 5.75 Å². The van der Waals surface area contributed by atoms with Gasteiger partial charge in [0.05, 0.1) is 12.1 Å². The number of hydrogen-bond donors (Lipinski definition) is 1. The van der Waals surface area contributed by atoms with E-state index in [2.05, 4.69) is 5.32 Å². The van der Waals surface area contributed by atoms with Crippen LogP contribution in [0.1, 0.15) is 25.3 Å². The monoisotopic (exact) mass is 330 g/mol. The van der Waals surface area contributed by atoms with Gasteiger partial charge in [0.2, 0.25) is 0 Å². The van der Waals surface area contributed by atoms with E-state index in [0.717, 1.165) is 18.7 Å². The van der Waals surface area contributed by atoms with Crippen LogP contribution in [0, 0.1) is 5.92 Å². The summed E-state index contributed by atoms with van der Waals surface area (Å²) in [7, 11) is 0. The van der Waals surface area contributed by atoms with Crippen molar-refractivity contribution in [1.82, 2.24) is 10.2 Å². The molecule has 0 aliphatic heterocycles. The van der Waals surface area contributed by atoms with Crippen LogP contribution in [-0.2, 0) is 6.18 Å². The van der Waals surface area contributed by atoms with E-state index in [9.17, 15) is 18.0 Å². The van der Waals surface area contributed by atoms with Crippen molar-refractivity contribution in [1.29, 1.82) is 0 Å². The van der Waals surface area contributed by atoms with Gasteiger partial charge in [-0.25, -0.2) is 4.79 Å². The van der Waals surface area contributed by atoms with Gasteiger partial charge in [-0.05, 0) is 43.9 Å². The van der Waals surface area contributed by atoms with Crippen LogP contribution in [0.4, 0.5) is 18.0 Å². The van der Waals surface area contributed by atoms with E-state index in [4.69, 9.17) is 4.74 Å². The molecule has 1 aliphatic carbocycles. The number of halogens is 3. The van der Waals surface area contributed by atoms with Crippen LogP contribution in [0.5, 0.6) is 5.75 Å². The van der Waals surface area contributed by atoms with Crippen LogP contribution < -0.4 is 10.1 Å². The van der Waals surface area contributed by atoms with Crippen LogP contribution >= 0.6 is 0 Å². The molecule has 0 unspecified atom stereocenters. The fourth-order valence-corrected chi connectivity index (χ4v) is 2.17. The van der Waals surface area contributed by atoms with E-state index < -0.39 is 11.7 Å². The Bertz CT molecular complexity index is 530. The van der Waals surface area contributed by atoms with Gasteiger partial charge < -0.3 is 15.0 Å². The fourth-order valence-electron chi connectivity index (χ4n) is 2.17. The summed E-state index contributed by atoms with van der Waals surface area (Å²) in [5.74, 6) is 0.751. The summed E-state index contributed by atoms with van der Waals surface area (Å²) in [6.07, 6.45) is -2.05. The molecule has 0 spiro atoms. The number of nitrogens with zero attached hydrogens (tertiary/aromatic N) is 1. The van der Waals surface area contributed by atoms with Crippen molar-refractivity contribution < 1.29 is 22.7 Å². The van der Waals surface area contributed by atoms with E-state index in [1.165, 1.54) is 25.0 Å². The SMILES string of the molecule is CCN(CC1CC1)C(=O)NCCOc1cccc(C(F)(F)F)c1. The summed E-state index contributed by atoms with van der Waals surface area (Å²) in [4.78, 5) is 13.7. The molecule has 1 aromatic carbocycles. The molecule has 0 heterocycles. The number of nitrogens with one attached hydrogen (secondary N) is 1. The average molecular weight is 330 g/mol. The van der Waals surface area contributed by atoms with Crippen molar-refractivity contribution in [2.24, 2.45) is 5.92 Å². The van der Waals surface area contributed by atoms with Gasteiger partial charge >= 0.3 is 12.2 Å². The first-order chi connectivity index (χ1) is 10.9. The van der Waals surface area contributed by atoms with Gasteiger partial charge in [0, 0.05) is 13.1 Å². The third kappa shape index (κ3) is 5.65. The van der Waals surface area contributed by atoms with Crippen molar-refractivity contribution in [3.63, 3.8) is 0 Å². The first-order valence-electron chi connectivity index (χ1n) is 7.73. The Morgan fingerprint density at radius 1 is 1.39 bits per heavy atom. The zero-order valence-corrected chi connectivity index (χ0v) is 13.0. The zero-order valence-electron chi connectivity index (χ0n) is 13.0.